The van der Waals surface area contributed by atoms with Crippen molar-refractivity contribution in [2.24, 2.45) is 11.8 Å². The van der Waals surface area contributed by atoms with E-state index < -0.39 is 5.97 Å². The largest absolute Gasteiger partial charge is 0.465 e. The number of benzene rings is 1. The number of nitrogens with one attached hydrogen (secondary N) is 1. The second-order valence-electron chi connectivity index (χ2n) is 6.18. The minimum atomic E-state index is -0.427. The van der Waals surface area contributed by atoms with Crippen LogP contribution >= 0.6 is 11.6 Å². The molecule has 1 aliphatic rings. The number of nitrogens with two attached hydrogens (primary N) is 1. The highest BCUT2D eigenvalue weighted by molar-refractivity contribution is 6.34. The first-order valence-corrected chi connectivity index (χ1v) is 7.72. The Bertz CT molecular complexity index is 523. The lowest BCUT2D eigenvalue weighted by atomic mass is 9.80. The lowest BCUT2D eigenvalue weighted by Gasteiger charge is -2.33. The molecule has 21 heavy (non-hydrogen) atoms. The minimum absolute atomic E-state index is 0.313. The fraction of sp³-hybridized carbons (Fsp3) is 0.562. The second-order valence-corrected chi connectivity index (χ2v) is 6.58. The Balaban J connectivity index is 2.28. The zero-order chi connectivity index (χ0) is 15.6. The molecule has 1 fully saturated rings. The summed E-state index contributed by atoms with van der Waals surface area (Å²) in [6.07, 6.45) is 3.40. The van der Waals surface area contributed by atoms with Gasteiger partial charge in [0, 0.05) is 11.7 Å². The van der Waals surface area contributed by atoms with Crippen LogP contribution in [0.25, 0.3) is 0 Å². The van der Waals surface area contributed by atoms with Crippen molar-refractivity contribution in [1.82, 2.24) is 0 Å². The average molecular weight is 311 g/mol. The second kappa shape index (κ2) is 6.56. The van der Waals surface area contributed by atoms with Crippen molar-refractivity contribution in [1.29, 1.82) is 0 Å². The summed E-state index contributed by atoms with van der Waals surface area (Å²) in [4.78, 5) is 11.9. The van der Waals surface area contributed by atoms with Gasteiger partial charge in [-0.3, -0.25) is 0 Å². The van der Waals surface area contributed by atoms with Gasteiger partial charge in [-0.05, 0) is 43.2 Å². The number of methoxy groups -OCH3 is 1. The Kier molecular flexibility index (Phi) is 4.99. The molecule has 0 aromatic heterocycles. The first-order chi connectivity index (χ1) is 9.90. The van der Waals surface area contributed by atoms with Gasteiger partial charge in [0.05, 0.1) is 23.4 Å². The van der Waals surface area contributed by atoms with Crippen LogP contribution in [0.15, 0.2) is 12.1 Å². The van der Waals surface area contributed by atoms with Crippen LogP contribution in [0, 0.1) is 11.8 Å². The van der Waals surface area contributed by atoms with Gasteiger partial charge in [0.2, 0.25) is 0 Å². The lowest BCUT2D eigenvalue weighted by molar-refractivity contribution is 0.0602. The number of hydrogen-bond acceptors (Lipinski definition) is 4. The molecule has 0 aliphatic heterocycles. The van der Waals surface area contributed by atoms with Crippen LogP contribution in [0.2, 0.25) is 5.02 Å². The Hall–Kier alpha value is -1.42. The molecule has 0 bridgehead atoms. The number of ether oxygens (including phenoxy) is 1. The molecule has 2 unspecified atom stereocenters. The summed E-state index contributed by atoms with van der Waals surface area (Å²) in [5.74, 6) is 0.907. The normalized spacial score (nSPS) is 25.4. The zero-order valence-electron chi connectivity index (χ0n) is 12.8. The molecule has 4 nitrogen and oxygen atoms in total. The highest BCUT2D eigenvalue weighted by Crippen LogP contribution is 2.35. The van der Waals surface area contributed by atoms with Crippen molar-refractivity contribution in [2.75, 3.05) is 18.2 Å². The molecule has 0 radical (unpaired) electrons. The molecule has 0 heterocycles. The first kappa shape index (κ1) is 16.0. The number of hydrogen-bond donors (Lipinski definition) is 2. The molecule has 0 amide bonds. The molecule has 1 aromatic rings. The van der Waals surface area contributed by atoms with E-state index in [1.807, 2.05) is 0 Å². The van der Waals surface area contributed by atoms with Crippen LogP contribution in [0.1, 0.15) is 43.5 Å². The summed E-state index contributed by atoms with van der Waals surface area (Å²) < 4.78 is 4.83. The van der Waals surface area contributed by atoms with Crippen molar-refractivity contribution >= 4 is 28.9 Å². The summed E-state index contributed by atoms with van der Waals surface area (Å²) in [5, 5.41) is 3.89. The predicted octanol–water partition coefficient (Wildman–Crippen LogP) is 3.95. The predicted molar refractivity (Wildman–Crippen MR) is 86.8 cm³/mol. The number of carbonyl (C=O) groups is 1. The summed E-state index contributed by atoms with van der Waals surface area (Å²) in [7, 11) is 1.36. The molecule has 2 rings (SSSR count). The molecule has 5 heteroatoms. The van der Waals surface area contributed by atoms with Crippen molar-refractivity contribution < 1.29 is 9.53 Å². The third-order valence-electron chi connectivity index (χ3n) is 4.04. The van der Waals surface area contributed by atoms with Crippen LogP contribution in [-0.4, -0.2) is 19.1 Å². The molecule has 1 aliphatic carbocycles. The molecule has 2 atom stereocenters. The maximum Gasteiger partial charge on any atom is 0.340 e. The van der Waals surface area contributed by atoms with E-state index in [1.165, 1.54) is 13.5 Å². The monoisotopic (exact) mass is 310 g/mol. The quantitative estimate of drug-likeness (QED) is 0.655. The van der Waals surface area contributed by atoms with Gasteiger partial charge in [-0.15, -0.1) is 0 Å². The number of nitrogen functional groups attached to an aromatic ring is 1. The highest BCUT2D eigenvalue weighted by atomic mass is 35.5. The van der Waals surface area contributed by atoms with E-state index in [1.54, 1.807) is 12.1 Å². The van der Waals surface area contributed by atoms with E-state index >= 15 is 0 Å². The van der Waals surface area contributed by atoms with Gasteiger partial charge in [0.25, 0.3) is 0 Å². The minimum Gasteiger partial charge on any atom is -0.465 e. The van der Waals surface area contributed by atoms with Crippen LogP contribution in [0.4, 0.5) is 11.4 Å². The van der Waals surface area contributed by atoms with Crippen molar-refractivity contribution in [3.05, 3.63) is 22.7 Å². The molecule has 0 saturated heterocycles. The number of anilines is 2. The average Bonchev–Trinajstić information content (AvgIpc) is 2.39. The van der Waals surface area contributed by atoms with Crippen molar-refractivity contribution in [2.45, 2.75) is 39.2 Å². The van der Waals surface area contributed by atoms with E-state index in [4.69, 9.17) is 22.1 Å². The molecule has 1 aromatic carbocycles. The van der Waals surface area contributed by atoms with E-state index in [0.29, 0.717) is 39.8 Å². The maximum atomic E-state index is 11.9. The van der Waals surface area contributed by atoms with E-state index in [9.17, 15) is 4.79 Å². The fourth-order valence-corrected chi connectivity index (χ4v) is 3.60. The topological polar surface area (TPSA) is 64.3 Å². The SMILES string of the molecule is COC(=O)c1cc(N)cc(Cl)c1NC1CC(C)CC(C)C1. The van der Waals surface area contributed by atoms with Gasteiger partial charge in [-0.25, -0.2) is 4.79 Å². The highest BCUT2D eigenvalue weighted by Gasteiger charge is 2.26. The van der Waals surface area contributed by atoms with E-state index in [2.05, 4.69) is 19.2 Å². The standard InChI is InChI=1S/C16H23ClN2O2/c1-9-4-10(2)6-12(5-9)19-15-13(16(20)21-3)7-11(18)8-14(15)17/h7-10,12,19H,4-6,18H2,1-3H3. The number of rotatable bonds is 3. The summed E-state index contributed by atoms with van der Waals surface area (Å²) >= 11 is 6.28. The Morgan fingerprint density at radius 2 is 1.90 bits per heavy atom. The molecular weight excluding hydrogens is 288 g/mol. The molecule has 0 spiro atoms. The van der Waals surface area contributed by atoms with Crippen LogP contribution in [-0.2, 0) is 4.74 Å². The van der Waals surface area contributed by atoms with Crippen molar-refractivity contribution in [3.8, 4) is 0 Å². The molecule has 1 saturated carbocycles. The smallest absolute Gasteiger partial charge is 0.340 e. The molecular formula is C16H23ClN2O2. The third-order valence-corrected chi connectivity index (χ3v) is 4.34. The maximum absolute atomic E-state index is 11.9. The van der Waals surface area contributed by atoms with Gasteiger partial charge < -0.3 is 15.8 Å². The first-order valence-electron chi connectivity index (χ1n) is 7.34. The number of esters is 1. The van der Waals surface area contributed by atoms with Crippen LogP contribution in [0.3, 0.4) is 0 Å². The number of carbonyl (C=O) groups excluding carboxylic acids is 1. The molecule has 3 N–H and O–H groups in total. The van der Waals surface area contributed by atoms with Crippen LogP contribution < -0.4 is 11.1 Å². The van der Waals surface area contributed by atoms with Crippen LogP contribution in [0.5, 0.6) is 0 Å². The Morgan fingerprint density at radius 3 is 2.48 bits per heavy atom. The Labute approximate surface area is 131 Å². The third kappa shape index (κ3) is 3.82. The van der Waals surface area contributed by atoms with E-state index in [0.717, 1.165) is 12.8 Å². The van der Waals surface area contributed by atoms with Gasteiger partial charge in [-0.2, -0.15) is 0 Å². The summed E-state index contributed by atoms with van der Waals surface area (Å²) in [5.41, 5.74) is 7.26. The van der Waals surface area contributed by atoms with Gasteiger partial charge in [-0.1, -0.05) is 25.4 Å². The van der Waals surface area contributed by atoms with Gasteiger partial charge in [0.15, 0.2) is 0 Å². The van der Waals surface area contributed by atoms with Gasteiger partial charge in [0.1, 0.15) is 0 Å². The lowest BCUT2D eigenvalue weighted by Crippen LogP contribution is -2.31. The fourth-order valence-electron chi connectivity index (χ4n) is 3.31. The molecule has 116 valence electrons. The Morgan fingerprint density at radius 1 is 1.29 bits per heavy atom. The number of halogens is 1. The summed E-state index contributed by atoms with van der Waals surface area (Å²) in [6, 6.07) is 3.58. The van der Waals surface area contributed by atoms with Crippen molar-refractivity contribution in [3.63, 3.8) is 0 Å². The zero-order valence-corrected chi connectivity index (χ0v) is 13.5. The summed E-state index contributed by atoms with van der Waals surface area (Å²) in [6.45, 7) is 4.52. The van der Waals surface area contributed by atoms with Gasteiger partial charge >= 0.3 is 5.97 Å². The van der Waals surface area contributed by atoms with E-state index in [-0.39, 0.29) is 0 Å².